The van der Waals surface area contributed by atoms with Crippen LogP contribution in [0.5, 0.6) is 11.5 Å². The molecule has 26 heavy (non-hydrogen) atoms. The Morgan fingerprint density at radius 2 is 2.19 bits per heavy atom. The van der Waals surface area contributed by atoms with Gasteiger partial charge in [-0.25, -0.2) is 0 Å². The zero-order chi connectivity index (χ0) is 18.2. The molecule has 1 saturated heterocycles. The maximum atomic E-state index is 12.3. The second-order valence-electron chi connectivity index (χ2n) is 6.00. The molecule has 0 saturated carbocycles. The van der Waals surface area contributed by atoms with E-state index in [-0.39, 0.29) is 41.4 Å². The number of benzene rings is 1. The van der Waals surface area contributed by atoms with Gasteiger partial charge < -0.3 is 25.8 Å². The van der Waals surface area contributed by atoms with Crippen molar-refractivity contribution in [3.63, 3.8) is 0 Å². The van der Waals surface area contributed by atoms with Gasteiger partial charge in [0.05, 0.1) is 12.1 Å². The van der Waals surface area contributed by atoms with E-state index in [1.165, 1.54) is 32.1 Å². The molecule has 1 aromatic rings. The van der Waals surface area contributed by atoms with Gasteiger partial charge in [-0.1, -0.05) is 11.6 Å². The highest BCUT2D eigenvalue weighted by Gasteiger charge is 2.17. The van der Waals surface area contributed by atoms with Crippen LogP contribution in [0, 0.1) is 5.92 Å². The highest BCUT2D eigenvalue weighted by atomic mass is 35.5. The van der Waals surface area contributed by atoms with Crippen molar-refractivity contribution in [2.45, 2.75) is 19.3 Å². The molecule has 2 rings (SSSR count). The number of piperidine rings is 1. The minimum atomic E-state index is -0.628. The van der Waals surface area contributed by atoms with Crippen LogP contribution in [-0.4, -0.2) is 45.2 Å². The molecule has 146 valence electrons. The van der Waals surface area contributed by atoms with Gasteiger partial charge in [0, 0.05) is 12.1 Å². The average Bonchev–Trinajstić information content (AvgIpc) is 2.60. The normalized spacial score (nSPS) is 16.3. The van der Waals surface area contributed by atoms with Gasteiger partial charge in [0.15, 0.2) is 18.1 Å². The number of carbonyl (C=O) groups is 2. The first kappa shape index (κ1) is 22.3. The fourth-order valence-corrected chi connectivity index (χ4v) is 3.06. The molecule has 0 aliphatic carbocycles. The Hall–Kier alpha value is -1.70. The summed E-state index contributed by atoms with van der Waals surface area (Å²) in [7, 11) is 1.43. The number of hydrogen-bond donors (Lipinski definition) is 3. The van der Waals surface area contributed by atoms with Crippen molar-refractivity contribution in [1.82, 2.24) is 10.6 Å². The molecule has 1 aromatic carbocycles. The fourth-order valence-electron chi connectivity index (χ4n) is 2.80. The maximum Gasteiger partial charge on any atom is 0.255 e. The van der Waals surface area contributed by atoms with Gasteiger partial charge in [-0.3, -0.25) is 9.59 Å². The highest BCUT2D eigenvalue weighted by molar-refractivity contribution is 6.32. The van der Waals surface area contributed by atoms with Crippen molar-refractivity contribution in [2.24, 2.45) is 11.7 Å². The van der Waals surface area contributed by atoms with Gasteiger partial charge in [0.25, 0.3) is 11.8 Å². The summed E-state index contributed by atoms with van der Waals surface area (Å²) in [6.07, 6.45) is 3.30. The molecule has 1 aliphatic heterocycles. The standard InChI is InChI=1S/C17H24ClN3O4.ClH/c1-24-14-8-12(7-13(18)16(14)25-10-15(19)22)17(23)21-6-4-11-3-2-5-20-9-11;/h7-8,11,20H,2-6,9-10H2,1H3,(H2,19,22)(H,21,23);1H. The molecule has 1 heterocycles. The molecule has 1 atom stereocenters. The molecule has 9 heteroatoms. The molecule has 0 radical (unpaired) electrons. The quantitative estimate of drug-likeness (QED) is 0.611. The zero-order valence-electron chi connectivity index (χ0n) is 14.7. The van der Waals surface area contributed by atoms with Crippen LogP contribution in [0.1, 0.15) is 29.6 Å². The second-order valence-corrected chi connectivity index (χ2v) is 6.41. The lowest BCUT2D eigenvalue weighted by molar-refractivity contribution is -0.119. The Morgan fingerprint density at radius 3 is 2.81 bits per heavy atom. The largest absolute Gasteiger partial charge is 0.493 e. The first-order valence-corrected chi connectivity index (χ1v) is 8.66. The van der Waals surface area contributed by atoms with Crippen LogP contribution in [0.25, 0.3) is 0 Å². The number of ether oxygens (including phenoxy) is 2. The van der Waals surface area contributed by atoms with E-state index in [0.717, 1.165) is 19.5 Å². The summed E-state index contributed by atoms with van der Waals surface area (Å²) in [5, 5.41) is 6.44. The smallest absolute Gasteiger partial charge is 0.255 e. The number of methoxy groups -OCH3 is 1. The predicted octanol–water partition coefficient (Wildman–Crippen LogP) is 1.75. The second kappa shape index (κ2) is 11.1. The number of primary amides is 1. The van der Waals surface area contributed by atoms with E-state index in [9.17, 15) is 9.59 Å². The Morgan fingerprint density at radius 1 is 1.42 bits per heavy atom. The molecule has 1 aliphatic rings. The third kappa shape index (κ3) is 6.55. The minimum Gasteiger partial charge on any atom is -0.493 e. The van der Waals surface area contributed by atoms with E-state index in [0.29, 0.717) is 18.0 Å². The average molecular weight is 406 g/mol. The van der Waals surface area contributed by atoms with Gasteiger partial charge in [-0.15, -0.1) is 12.4 Å². The molecule has 1 fully saturated rings. The van der Waals surface area contributed by atoms with Crippen molar-refractivity contribution in [1.29, 1.82) is 0 Å². The molecule has 7 nitrogen and oxygen atoms in total. The van der Waals surface area contributed by atoms with Crippen molar-refractivity contribution >= 4 is 35.8 Å². The van der Waals surface area contributed by atoms with Gasteiger partial charge in [0.1, 0.15) is 0 Å². The van der Waals surface area contributed by atoms with Crippen LogP contribution >= 0.6 is 24.0 Å². The van der Waals surface area contributed by atoms with E-state index < -0.39 is 5.91 Å². The summed E-state index contributed by atoms with van der Waals surface area (Å²) in [6, 6.07) is 3.01. The summed E-state index contributed by atoms with van der Waals surface area (Å²) in [5.41, 5.74) is 5.43. The third-order valence-corrected chi connectivity index (χ3v) is 4.37. The van der Waals surface area contributed by atoms with E-state index in [1.807, 2.05) is 0 Å². The summed E-state index contributed by atoms with van der Waals surface area (Å²) in [5.74, 6) is 0.197. The number of nitrogens with two attached hydrogens (primary N) is 1. The van der Waals surface area contributed by atoms with Gasteiger partial charge in [-0.2, -0.15) is 0 Å². The van der Waals surface area contributed by atoms with Crippen LogP contribution in [0.15, 0.2) is 12.1 Å². The van der Waals surface area contributed by atoms with Crippen LogP contribution < -0.4 is 25.8 Å². The van der Waals surface area contributed by atoms with E-state index in [2.05, 4.69) is 10.6 Å². The van der Waals surface area contributed by atoms with Crippen LogP contribution in [0.3, 0.4) is 0 Å². The minimum absolute atomic E-state index is 0. The lowest BCUT2D eigenvalue weighted by Crippen LogP contribution is -2.33. The molecule has 4 N–H and O–H groups in total. The van der Waals surface area contributed by atoms with Crippen molar-refractivity contribution in [2.75, 3.05) is 33.4 Å². The first-order chi connectivity index (χ1) is 12.0. The lowest BCUT2D eigenvalue weighted by Gasteiger charge is -2.22. The first-order valence-electron chi connectivity index (χ1n) is 8.28. The summed E-state index contributed by atoms with van der Waals surface area (Å²) < 4.78 is 10.4. The van der Waals surface area contributed by atoms with Crippen molar-refractivity contribution in [3.8, 4) is 11.5 Å². The maximum absolute atomic E-state index is 12.3. The molecule has 0 spiro atoms. The van der Waals surface area contributed by atoms with E-state index >= 15 is 0 Å². The van der Waals surface area contributed by atoms with Gasteiger partial charge in [-0.05, 0) is 50.4 Å². The predicted molar refractivity (Wildman–Crippen MR) is 102 cm³/mol. The number of halogens is 2. The number of amides is 2. The zero-order valence-corrected chi connectivity index (χ0v) is 16.3. The molecule has 0 aromatic heterocycles. The fraction of sp³-hybridized carbons (Fsp3) is 0.529. The Kier molecular flexibility index (Phi) is 9.54. The van der Waals surface area contributed by atoms with Crippen LogP contribution in [0.4, 0.5) is 0 Å². The Balaban J connectivity index is 0.00000338. The highest BCUT2D eigenvalue weighted by Crippen LogP contribution is 2.36. The van der Waals surface area contributed by atoms with Gasteiger partial charge in [0.2, 0.25) is 0 Å². The topological polar surface area (TPSA) is 103 Å². The number of carbonyl (C=O) groups excluding carboxylic acids is 2. The molecular weight excluding hydrogens is 381 g/mol. The summed E-state index contributed by atoms with van der Waals surface area (Å²) in [6.45, 7) is 2.36. The molecule has 2 amide bonds. The van der Waals surface area contributed by atoms with E-state index in [4.69, 9.17) is 26.8 Å². The SMILES string of the molecule is COc1cc(C(=O)NCCC2CCCNC2)cc(Cl)c1OCC(N)=O.Cl. The number of nitrogens with one attached hydrogen (secondary N) is 2. The Bertz CT molecular complexity index is 622. The van der Waals surface area contributed by atoms with Crippen molar-refractivity contribution in [3.05, 3.63) is 22.7 Å². The van der Waals surface area contributed by atoms with E-state index in [1.54, 1.807) is 0 Å². The summed E-state index contributed by atoms with van der Waals surface area (Å²) in [4.78, 5) is 23.2. The molecular formula is C17H25Cl2N3O4. The number of rotatable bonds is 8. The lowest BCUT2D eigenvalue weighted by atomic mass is 9.96. The van der Waals surface area contributed by atoms with Crippen LogP contribution in [-0.2, 0) is 4.79 Å². The van der Waals surface area contributed by atoms with Crippen molar-refractivity contribution < 1.29 is 19.1 Å². The Labute approximate surface area is 164 Å². The monoisotopic (exact) mass is 405 g/mol. The van der Waals surface area contributed by atoms with Crippen LogP contribution in [0.2, 0.25) is 5.02 Å². The molecule has 1 unspecified atom stereocenters. The summed E-state index contributed by atoms with van der Waals surface area (Å²) >= 11 is 6.15. The number of hydrogen-bond acceptors (Lipinski definition) is 5. The molecule has 0 bridgehead atoms. The van der Waals surface area contributed by atoms with Gasteiger partial charge >= 0.3 is 0 Å². The third-order valence-electron chi connectivity index (χ3n) is 4.09.